The number of carbonyl (C=O) groups excluding carboxylic acids is 1. The second-order valence-corrected chi connectivity index (χ2v) is 7.17. The van der Waals surface area contributed by atoms with Gasteiger partial charge in [-0.25, -0.2) is 5.43 Å². The van der Waals surface area contributed by atoms with Gasteiger partial charge in [-0.2, -0.15) is 10.2 Å². The highest BCUT2D eigenvalue weighted by atomic mass is 16.5. The van der Waals surface area contributed by atoms with Gasteiger partial charge in [0.2, 0.25) is 0 Å². The molecule has 0 aliphatic heterocycles. The molecule has 0 bridgehead atoms. The average Bonchev–Trinajstić information content (AvgIpc) is 3.36. The molecule has 1 amide bonds. The molecular formula is C26H24N4O3. The highest BCUT2D eigenvalue weighted by molar-refractivity contribution is 5.94. The van der Waals surface area contributed by atoms with Crippen LogP contribution in [0.3, 0.4) is 0 Å². The molecule has 7 heteroatoms. The monoisotopic (exact) mass is 440 g/mol. The van der Waals surface area contributed by atoms with Gasteiger partial charge in [-0.3, -0.25) is 9.89 Å². The third kappa shape index (κ3) is 6.07. The molecule has 2 N–H and O–H groups in total. The standard InChI is InChI=1S/C26H24N4O3/c1-2-32-22-13-11-19(12-14-22)17-27-30-26(31)25-16-24(28-29-25)21-9-6-10-23(15-21)33-18-20-7-4-3-5-8-20/h3-17H,2,18H2,1H3,(H,28,29)(H,30,31)/b27-17+. The molecule has 0 saturated carbocycles. The number of hydrazone groups is 1. The van der Waals surface area contributed by atoms with Crippen molar-refractivity contribution in [3.05, 3.63) is 102 Å². The first-order valence-electron chi connectivity index (χ1n) is 10.6. The van der Waals surface area contributed by atoms with Crippen LogP contribution in [0.2, 0.25) is 0 Å². The molecule has 0 aliphatic carbocycles. The summed E-state index contributed by atoms with van der Waals surface area (Å²) in [7, 11) is 0. The van der Waals surface area contributed by atoms with Crippen LogP contribution in [-0.4, -0.2) is 28.9 Å². The number of rotatable bonds is 9. The normalized spacial score (nSPS) is 10.8. The molecule has 0 radical (unpaired) electrons. The quantitative estimate of drug-likeness (QED) is 0.289. The van der Waals surface area contributed by atoms with E-state index in [1.165, 1.54) is 0 Å². The van der Waals surface area contributed by atoms with E-state index in [0.717, 1.165) is 28.2 Å². The van der Waals surface area contributed by atoms with Crippen molar-refractivity contribution >= 4 is 12.1 Å². The fourth-order valence-corrected chi connectivity index (χ4v) is 3.11. The molecule has 7 nitrogen and oxygen atoms in total. The third-order valence-corrected chi connectivity index (χ3v) is 4.77. The Hall–Kier alpha value is -4.39. The molecule has 0 spiro atoms. The summed E-state index contributed by atoms with van der Waals surface area (Å²) in [4.78, 5) is 12.4. The molecule has 166 valence electrons. The van der Waals surface area contributed by atoms with Gasteiger partial charge in [0.15, 0.2) is 0 Å². The molecule has 0 saturated heterocycles. The van der Waals surface area contributed by atoms with Crippen molar-refractivity contribution in [2.24, 2.45) is 5.10 Å². The lowest BCUT2D eigenvalue weighted by molar-refractivity contribution is 0.0950. The van der Waals surface area contributed by atoms with Crippen LogP contribution in [0.4, 0.5) is 0 Å². The summed E-state index contributed by atoms with van der Waals surface area (Å²) >= 11 is 0. The van der Waals surface area contributed by atoms with Gasteiger partial charge in [-0.1, -0.05) is 42.5 Å². The van der Waals surface area contributed by atoms with Crippen LogP contribution >= 0.6 is 0 Å². The van der Waals surface area contributed by atoms with E-state index in [0.29, 0.717) is 24.6 Å². The van der Waals surface area contributed by atoms with Crippen molar-refractivity contribution in [2.45, 2.75) is 13.5 Å². The maximum atomic E-state index is 12.4. The number of aromatic nitrogens is 2. The Bertz CT molecular complexity index is 1220. The average molecular weight is 441 g/mol. The van der Waals surface area contributed by atoms with Gasteiger partial charge in [0.05, 0.1) is 18.5 Å². The van der Waals surface area contributed by atoms with E-state index in [2.05, 4.69) is 20.7 Å². The number of ether oxygens (including phenoxy) is 2. The zero-order chi connectivity index (χ0) is 22.9. The molecular weight excluding hydrogens is 416 g/mol. The van der Waals surface area contributed by atoms with Crippen molar-refractivity contribution in [3.8, 4) is 22.8 Å². The molecule has 3 aromatic carbocycles. The molecule has 1 heterocycles. The number of hydrogen-bond donors (Lipinski definition) is 2. The van der Waals surface area contributed by atoms with Gasteiger partial charge in [0.1, 0.15) is 23.8 Å². The van der Waals surface area contributed by atoms with E-state index < -0.39 is 0 Å². The second kappa shape index (κ2) is 10.8. The smallest absolute Gasteiger partial charge is 0.289 e. The number of nitrogens with one attached hydrogen (secondary N) is 2. The van der Waals surface area contributed by atoms with Crippen molar-refractivity contribution in [1.82, 2.24) is 15.6 Å². The number of carbonyl (C=O) groups is 1. The molecule has 1 aromatic heterocycles. The number of amides is 1. The van der Waals surface area contributed by atoms with Gasteiger partial charge < -0.3 is 9.47 Å². The molecule has 0 atom stereocenters. The Labute approximate surface area is 192 Å². The van der Waals surface area contributed by atoms with Gasteiger partial charge in [0, 0.05) is 5.56 Å². The summed E-state index contributed by atoms with van der Waals surface area (Å²) in [6, 6.07) is 26.7. The minimum absolute atomic E-state index is 0.310. The highest BCUT2D eigenvalue weighted by Crippen LogP contribution is 2.23. The van der Waals surface area contributed by atoms with Crippen molar-refractivity contribution in [1.29, 1.82) is 0 Å². The van der Waals surface area contributed by atoms with Crippen molar-refractivity contribution < 1.29 is 14.3 Å². The van der Waals surface area contributed by atoms with E-state index in [-0.39, 0.29) is 5.91 Å². The molecule has 33 heavy (non-hydrogen) atoms. The summed E-state index contributed by atoms with van der Waals surface area (Å²) in [5, 5.41) is 11.0. The van der Waals surface area contributed by atoms with Crippen LogP contribution in [0.15, 0.2) is 90.0 Å². The van der Waals surface area contributed by atoms with Gasteiger partial charge >= 0.3 is 0 Å². The topological polar surface area (TPSA) is 88.6 Å². The lowest BCUT2D eigenvalue weighted by Gasteiger charge is -2.07. The van der Waals surface area contributed by atoms with Crippen molar-refractivity contribution in [2.75, 3.05) is 6.61 Å². The second-order valence-electron chi connectivity index (χ2n) is 7.17. The Morgan fingerprint density at radius 1 is 0.970 bits per heavy atom. The Balaban J connectivity index is 1.35. The Kier molecular flexibility index (Phi) is 7.12. The lowest BCUT2D eigenvalue weighted by atomic mass is 10.1. The van der Waals surface area contributed by atoms with Gasteiger partial charge in [0.25, 0.3) is 5.91 Å². The summed E-state index contributed by atoms with van der Waals surface area (Å²) in [6.07, 6.45) is 1.57. The summed E-state index contributed by atoms with van der Waals surface area (Å²) in [5.41, 5.74) is 6.23. The van der Waals surface area contributed by atoms with E-state index >= 15 is 0 Å². The van der Waals surface area contributed by atoms with E-state index in [9.17, 15) is 4.79 Å². The highest BCUT2D eigenvalue weighted by Gasteiger charge is 2.11. The zero-order valence-electron chi connectivity index (χ0n) is 18.2. The predicted octanol–water partition coefficient (Wildman–Crippen LogP) is 4.82. The molecule has 4 rings (SSSR count). The number of H-pyrrole nitrogens is 1. The van der Waals surface area contributed by atoms with E-state index in [4.69, 9.17) is 9.47 Å². The van der Waals surface area contributed by atoms with Gasteiger partial charge in [-0.05, 0) is 60.5 Å². The lowest BCUT2D eigenvalue weighted by Crippen LogP contribution is -2.17. The van der Waals surface area contributed by atoms with Crippen molar-refractivity contribution in [3.63, 3.8) is 0 Å². The summed E-state index contributed by atoms with van der Waals surface area (Å²) < 4.78 is 11.3. The molecule has 4 aromatic rings. The first-order valence-corrected chi connectivity index (χ1v) is 10.6. The maximum Gasteiger partial charge on any atom is 0.289 e. The van der Waals surface area contributed by atoms with E-state index in [1.807, 2.05) is 85.8 Å². The third-order valence-electron chi connectivity index (χ3n) is 4.77. The van der Waals surface area contributed by atoms with E-state index in [1.54, 1.807) is 12.3 Å². The van der Waals surface area contributed by atoms with Crippen LogP contribution in [0.5, 0.6) is 11.5 Å². The first-order chi connectivity index (χ1) is 16.2. The van der Waals surface area contributed by atoms with Crippen LogP contribution in [0.25, 0.3) is 11.3 Å². The summed E-state index contributed by atoms with van der Waals surface area (Å²) in [5.74, 6) is 1.14. The SMILES string of the molecule is CCOc1ccc(/C=N/NC(=O)c2cc(-c3cccc(OCc4ccccc4)c3)n[nH]2)cc1. The molecule has 0 unspecified atom stereocenters. The minimum atomic E-state index is -0.382. The largest absolute Gasteiger partial charge is 0.494 e. The number of benzene rings is 3. The number of nitrogens with zero attached hydrogens (tertiary/aromatic N) is 2. The minimum Gasteiger partial charge on any atom is -0.494 e. The zero-order valence-corrected chi connectivity index (χ0v) is 18.2. The number of hydrogen-bond acceptors (Lipinski definition) is 5. The van der Waals surface area contributed by atoms with Crippen LogP contribution < -0.4 is 14.9 Å². The summed E-state index contributed by atoms with van der Waals surface area (Å²) in [6.45, 7) is 3.02. The number of aromatic amines is 1. The van der Waals surface area contributed by atoms with Crippen LogP contribution in [0.1, 0.15) is 28.5 Å². The fraction of sp³-hybridized carbons (Fsp3) is 0.115. The first kappa shape index (κ1) is 21.8. The Morgan fingerprint density at radius 2 is 1.79 bits per heavy atom. The molecule has 0 fully saturated rings. The predicted molar refractivity (Wildman–Crippen MR) is 127 cm³/mol. The van der Waals surface area contributed by atoms with Crippen LogP contribution in [0, 0.1) is 0 Å². The fourth-order valence-electron chi connectivity index (χ4n) is 3.11. The van der Waals surface area contributed by atoms with Crippen LogP contribution in [-0.2, 0) is 6.61 Å². The maximum absolute atomic E-state index is 12.4. The van der Waals surface area contributed by atoms with Gasteiger partial charge in [-0.15, -0.1) is 0 Å². The Morgan fingerprint density at radius 3 is 2.58 bits per heavy atom. The molecule has 0 aliphatic rings.